The molecular weight excluding hydrogens is 536 g/mol. The molecule has 4 N–H and O–H groups in total. The van der Waals surface area contributed by atoms with E-state index in [9.17, 15) is 24.3 Å². The number of hydrogen-bond acceptors (Lipinski definition) is 6. The minimum Gasteiger partial charge on any atom is -0.496 e. The quantitative estimate of drug-likeness (QED) is 0.365. The molecule has 4 fully saturated rings. The lowest BCUT2D eigenvalue weighted by Gasteiger charge is -2.28. The standard InChI is InChI=1S/C29H35ClN4O6/c1-40-24-10-17(30)9-21-19(24)11-22(31-21)28(39)34-13-16-3-2-4-18(16)25(34)27(38)32-20(23(36)14-35)6-5-15-12-29(7-8-29)33-26(15)37/h9-11,15-16,18,20,25,31,35H,2-8,12-14H2,1H3,(H,32,38)(H,33,37)/t15-,16+,18+,20+,25+/m1/s1. The van der Waals surface area contributed by atoms with Crippen LogP contribution in [0.1, 0.15) is 61.9 Å². The highest BCUT2D eigenvalue weighted by molar-refractivity contribution is 6.31. The number of aromatic nitrogens is 1. The number of nitrogens with one attached hydrogen (secondary N) is 3. The predicted molar refractivity (Wildman–Crippen MR) is 147 cm³/mol. The molecule has 3 heterocycles. The number of ketones is 1. The van der Waals surface area contributed by atoms with E-state index in [1.807, 2.05) is 0 Å². The van der Waals surface area contributed by atoms with Gasteiger partial charge in [-0.2, -0.15) is 0 Å². The Morgan fingerprint density at radius 3 is 2.75 bits per heavy atom. The van der Waals surface area contributed by atoms with E-state index in [1.54, 1.807) is 23.1 Å². The fourth-order valence-electron chi connectivity index (χ4n) is 7.20. The highest BCUT2D eigenvalue weighted by Crippen LogP contribution is 2.46. The van der Waals surface area contributed by atoms with Crippen molar-refractivity contribution in [1.82, 2.24) is 20.5 Å². The van der Waals surface area contributed by atoms with Crippen LogP contribution in [0, 0.1) is 17.8 Å². The van der Waals surface area contributed by atoms with Crippen molar-refractivity contribution in [3.8, 4) is 5.75 Å². The Morgan fingerprint density at radius 1 is 1.25 bits per heavy atom. The maximum atomic E-state index is 13.8. The number of benzene rings is 1. The van der Waals surface area contributed by atoms with Gasteiger partial charge in [-0.15, -0.1) is 0 Å². The highest BCUT2D eigenvalue weighted by atomic mass is 35.5. The number of amides is 3. The maximum absolute atomic E-state index is 13.8. The van der Waals surface area contributed by atoms with Gasteiger partial charge in [-0.3, -0.25) is 19.2 Å². The molecule has 40 heavy (non-hydrogen) atoms. The molecule has 2 aliphatic heterocycles. The first kappa shape index (κ1) is 27.1. The SMILES string of the molecule is COc1cc(Cl)cc2[nH]c(C(=O)N3C[C@@H]4CCC[C@@H]4[C@H]3C(=O)N[C@@H](CC[C@@H]3CC4(CC4)NC3=O)C(=O)CO)cc12. The van der Waals surface area contributed by atoms with Gasteiger partial charge in [-0.1, -0.05) is 18.0 Å². The molecule has 2 saturated carbocycles. The summed E-state index contributed by atoms with van der Waals surface area (Å²) in [5, 5.41) is 16.7. The molecular formula is C29H35ClN4O6. The number of carbonyl (C=O) groups excluding carboxylic acids is 4. The molecule has 6 rings (SSSR count). The average molecular weight is 571 g/mol. The molecule has 2 aliphatic carbocycles. The summed E-state index contributed by atoms with van der Waals surface area (Å²) >= 11 is 6.21. The smallest absolute Gasteiger partial charge is 0.271 e. The van der Waals surface area contributed by atoms with Gasteiger partial charge in [0, 0.05) is 28.4 Å². The van der Waals surface area contributed by atoms with Crippen molar-refractivity contribution in [1.29, 1.82) is 0 Å². The zero-order valence-corrected chi connectivity index (χ0v) is 23.3. The van der Waals surface area contributed by atoms with E-state index in [0.717, 1.165) is 38.5 Å². The van der Waals surface area contributed by atoms with E-state index in [1.165, 1.54) is 7.11 Å². The van der Waals surface area contributed by atoms with Crippen LogP contribution < -0.4 is 15.4 Å². The van der Waals surface area contributed by atoms with Crippen LogP contribution in [0.2, 0.25) is 5.02 Å². The van der Waals surface area contributed by atoms with Crippen molar-refractivity contribution in [3.63, 3.8) is 0 Å². The summed E-state index contributed by atoms with van der Waals surface area (Å²) < 4.78 is 5.43. The van der Waals surface area contributed by atoms with Crippen molar-refractivity contribution < 1.29 is 29.0 Å². The molecule has 2 aromatic rings. The summed E-state index contributed by atoms with van der Waals surface area (Å²) in [6, 6.07) is 3.47. The number of halogens is 1. The molecule has 1 aromatic heterocycles. The Kier molecular flexibility index (Phi) is 7.02. The Hall–Kier alpha value is -3.11. The molecule has 1 aromatic carbocycles. The highest BCUT2D eigenvalue weighted by Gasteiger charge is 2.53. The molecule has 2 saturated heterocycles. The van der Waals surface area contributed by atoms with Crippen molar-refractivity contribution in [3.05, 3.63) is 28.9 Å². The van der Waals surface area contributed by atoms with Gasteiger partial charge in [0.05, 0.1) is 18.7 Å². The molecule has 0 bridgehead atoms. The molecule has 5 atom stereocenters. The molecule has 3 amide bonds. The van der Waals surface area contributed by atoms with Crippen molar-refractivity contribution in [2.75, 3.05) is 20.3 Å². The second kappa shape index (κ2) is 10.4. The molecule has 1 spiro atoms. The number of nitrogens with zero attached hydrogens (tertiary/aromatic N) is 1. The number of methoxy groups -OCH3 is 1. The van der Waals surface area contributed by atoms with Gasteiger partial charge < -0.3 is 30.4 Å². The monoisotopic (exact) mass is 570 g/mol. The number of aromatic amines is 1. The first-order chi connectivity index (χ1) is 19.2. The van der Waals surface area contributed by atoms with Gasteiger partial charge in [-0.25, -0.2) is 0 Å². The van der Waals surface area contributed by atoms with Crippen LogP contribution in [-0.4, -0.2) is 76.4 Å². The van der Waals surface area contributed by atoms with Crippen LogP contribution in [0.15, 0.2) is 18.2 Å². The molecule has 4 aliphatic rings. The van der Waals surface area contributed by atoms with E-state index in [0.29, 0.717) is 40.3 Å². The Balaban J connectivity index is 1.21. The van der Waals surface area contributed by atoms with Gasteiger partial charge >= 0.3 is 0 Å². The zero-order chi connectivity index (χ0) is 28.2. The first-order valence-corrected chi connectivity index (χ1v) is 14.5. The lowest BCUT2D eigenvalue weighted by molar-refractivity contribution is -0.132. The number of ether oxygens (including phenoxy) is 1. The summed E-state index contributed by atoms with van der Waals surface area (Å²) in [5.41, 5.74) is 0.921. The number of aliphatic hydroxyl groups is 1. The van der Waals surface area contributed by atoms with Gasteiger partial charge in [0.15, 0.2) is 5.78 Å². The lowest BCUT2D eigenvalue weighted by Crippen LogP contribution is -2.53. The summed E-state index contributed by atoms with van der Waals surface area (Å²) in [6.45, 7) is -0.248. The van der Waals surface area contributed by atoms with Gasteiger partial charge in [0.25, 0.3) is 5.91 Å². The summed E-state index contributed by atoms with van der Waals surface area (Å²) in [6.07, 6.45) is 6.16. The summed E-state index contributed by atoms with van der Waals surface area (Å²) in [7, 11) is 1.54. The van der Waals surface area contributed by atoms with Gasteiger partial charge in [-0.05, 0) is 75.0 Å². The van der Waals surface area contributed by atoms with E-state index in [4.69, 9.17) is 16.3 Å². The molecule has 10 nitrogen and oxygen atoms in total. The van der Waals surface area contributed by atoms with Crippen LogP contribution >= 0.6 is 11.6 Å². The molecule has 0 unspecified atom stereocenters. The third-order valence-electron chi connectivity index (χ3n) is 9.45. The fraction of sp³-hybridized carbons (Fsp3) is 0.586. The zero-order valence-electron chi connectivity index (χ0n) is 22.5. The van der Waals surface area contributed by atoms with Crippen LogP contribution in [0.5, 0.6) is 5.75 Å². The van der Waals surface area contributed by atoms with Gasteiger partial charge in [0.2, 0.25) is 11.8 Å². The Bertz CT molecular complexity index is 1370. The minimum absolute atomic E-state index is 0.00229. The van der Waals surface area contributed by atoms with Crippen LogP contribution in [-0.2, 0) is 14.4 Å². The van der Waals surface area contributed by atoms with E-state index >= 15 is 0 Å². The largest absolute Gasteiger partial charge is 0.496 e. The second-order valence-corrected chi connectivity index (χ2v) is 12.4. The topological polar surface area (TPSA) is 141 Å². The van der Waals surface area contributed by atoms with Crippen molar-refractivity contribution >= 4 is 46.0 Å². The fourth-order valence-corrected chi connectivity index (χ4v) is 7.41. The number of carbonyl (C=O) groups is 4. The van der Waals surface area contributed by atoms with Crippen LogP contribution in [0.3, 0.4) is 0 Å². The third-order valence-corrected chi connectivity index (χ3v) is 9.67. The van der Waals surface area contributed by atoms with Gasteiger partial charge in [0.1, 0.15) is 24.1 Å². The number of Topliss-reactive ketones (excluding diaryl/α,β-unsaturated/α-hetero) is 1. The number of likely N-dealkylation sites (tertiary alicyclic amines) is 1. The third kappa shape index (κ3) is 4.85. The Morgan fingerprint density at radius 2 is 2.05 bits per heavy atom. The second-order valence-electron chi connectivity index (χ2n) is 11.9. The van der Waals surface area contributed by atoms with Crippen LogP contribution in [0.25, 0.3) is 10.9 Å². The summed E-state index contributed by atoms with van der Waals surface area (Å²) in [4.78, 5) is 57.4. The van der Waals surface area contributed by atoms with Crippen molar-refractivity contribution in [2.24, 2.45) is 17.8 Å². The average Bonchev–Trinajstić information content (AvgIpc) is 3.30. The molecule has 0 radical (unpaired) electrons. The number of rotatable bonds is 9. The predicted octanol–water partition coefficient (Wildman–Crippen LogP) is 2.57. The number of H-pyrrole nitrogens is 1. The van der Waals surface area contributed by atoms with E-state index < -0.39 is 24.5 Å². The lowest BCUT2D eigenvalue weighted by atomic mass is 9.92. The number of fused-ring (bicyclic) bond motifs is 2. The van der Waals surface area contributed by atoms with Crippen molar-refractivity contribution in [2.45, 2.75) is 69.0 Å². The molecule has 11 heteroatoms. The molecule has 214 valence electrons. The number of aliphatic hydroxyl groups excluding tert-OH is 1. The first-order valence-electron chi connectivity index (χ1n) is 14.1. The normalized spacial score (nSPS) is 27.1. The summed E-state index contributed by atoms with van der Waals surface area (Å²) in [5.74, 6) is -0.645. The number of hydrogen-bond donors (Lipinski definition) is 4. The van der Waals surface area contributed by atoms with E-state index in [-0.39, 0.29) is 47.4 Å². The Labute approximate surface area is 237 Å². The van der Waals surface area contributed by atoms with Crippen LogP contribution in [0.4, 0.5) is 0 Å². The maximum Gasteiger partial charge on any atom is 0.271 e. The van der Waals surface area contributed by atoms with E-state index in [2.05, 4.69) is 15.6 Å². The minimum atomic E-state index is -0.919.